The van der Waals surface area contributed by atoms with Gasteiger partial charge in [0.15, 0.2) is 10.8 Å². The van der Waals surface area contributed by atoms with Gasteiger partial charge in [-0.15, -0.1) is 0 Å². The van der Waals surface area contributed by atoms with Crippen molar-refractivity contribution >= 4 is 28.7 Å². The molecule has 0 amide bonds. The Balaban J connectivity index is 1.77. The zero-order valence-electron chi connectivity index (χ0n) is 9.34. The minimum absolute atomic E-state index is 0.141. The second-order valence-corrected chi connectivity index (χ2v) is 5.11. The fourth-order valence-electron chi connectivity index (χ4n) is 2.45. The Hall–Kier alpha value is -1.44. The second-order valence-electron chi connectivity index (χ2n) is 4.75. The first-order chi connectivity index (χ1) is 8.68. The first kappa shape index (κ1) is 10.5. The molecule has 4 rings (SSSR count). The highest BCUT2D eigenvalue weighted by Crippen LogP contribution is 2.52. The van der Waals surface area contributed by atoms with E-state index in [1.807, 2.05) is 4.57 Å². The molecule has 2 unspecified atom stereocenters. The predicted molar refractivity (Wildman–Crippen MR) is 62.6 cm³/mol. The Bertz CT molecular complexity index is 644. The smallest absolute Gasteiger partial charge is 0.223 e. The molecule has 2 fully saturated rings. The number of anilines is 1. The molecule has 2 atom stereocenters. The maximum absolute atomic E-state index is 5.97. The summed E-state index contributed by atoms with van der Waals surface area (Å²) in [7, 11) is 0. The Kier molecular flexibility index (Phi) is 1.93. The summed E-state index contributed by atoms with van der Waals surface area (Å²) in [5.74, 6) is 0.604. The fraction of sp³-hybridized carbons (Fsp3) is 0.500. The van der Waals surface area contributed by atoms with Crippen LogP contribution in [-0.2, 0) is 16.3 Å². The third-order valence-electron chi connectivity index (χ3n) is 3.55. The molecule has 8 heteroatoms. The van der Waals surface area contributed by atoms with Gasteiger partial charge < -0.3 is 10.3 Å². The van der Waals surface area contributed by atoms with Crippen molar-refractivity contribution in [3.05, 3.63) is 11.5 Å². The quantitative estimate of drug-likeness (QED) is 0.639. The molecule has 94 valence electrons. The Morgan fingerprint density at radius 2 is 2.44 bits per heavy atom. The predicted octanol–water partition coefficient (Wildman–Crippen LogP) is 0.782. The van der Waals surface area contributed by atoms with Crippen molar-refractivity contribution in [1.29, 1.82) is 0 Å². The lowest BCUT2D eigenvalue weighted by Crippen LogP contribution is -2.20. The SMILES string of the molecule is Nc1nc(Cl)c2ncn(CC34CC3COO4)c2n1. The molecule has 1 saturated carbocycles. The van der Waals surface area contributed by atoms with Gasteiger partial charge in [0.2, 0.25) is 5.95 Å². The van der Waals surface area contributed by atoms with Crippen molar-refractivity contribution in [2.24, 2.45) is 5.92 Å². The minimum Gasteiger partial charge on any atom is -0.368 e. The van der Waals surface area contributed by atoms with E-state index >= 15 is 0 Å². The van der Waals surface area contributed by atoms with Gasteiger partial charge in [0.05, 0.1) is 19.5 Å². The number of nitrogens with zero attached hydrogens (tertiary/aromatic N) is 4. The molecule has 0 aromatic carbocycles. The number of halogens is 1. The normalized spacial score (nSPS) is 29.7. The maximum Gasteiger partial charge on any atom is 0.223 e. The Morgan fingerprint density at radius 3 is 3.17 bits per heavy atom. The van der Waals surface area contributed by atoms with Crippen LogP contribution in [0.2, 0.25) is 5.15 Å². The van der Waals surface area contributed by atoms with Crippen molar-refractivity contribution in [2.45, 2.75) is 18.6 Å². The van der Waals surface area contributed by atoms with E-state index in [2.05, 4.69) is 15.0 Å². The third-order valence-corrected chi connectivity index (χ3v) is 3.81. The van der Waals surface area contributed by atoms with Gasteiger partial charge in [-0.25, -0.2) is 14.8 Å². The van der Waals surface area contributed by atoms with Crippen LogP contribution in [0.15, 0.2) is 6.33 Å². The summed E-state index contributed by atoms with van der Waals surface area (Å²) in [5, 5.41) is 0.268. The number of imidazole rings is 1. The van der Waals surface area contributed by atoms with Crippen LogP contribution in [0.4, 0.5) is 5.95 Å². The fourth-order valence-corrected chi connectivity index (χ4v) is 2.67. The molecule has 0 bridgehead atoms. The molecular formula is C10H10ClN5O2. The number of aromatic nitrogens is 4. The number of nitrogens with two attached hydrogens (primary N) is 1. The summed E-state index contributed by atoms with van der Waals surface area (Å²) in [6.07, 6.45) is 2.68. The number of hydrogen-bond acceptors (Lipinski definition) is 6. The molecule has 0 radical (unpaired) electrons. The zero-order valence-corrected chi connectivity index (χ0v) is 10.1. The monoisotopic (exact) mass is 267 g/mol. The largest absolute Gasteiger partial charge is 0.368 e. The molecule has 2 aromatic rings. The highest BCUT2D eigenvalue weighted by atomic mass is 35.5. The average Bonchev–Trinajstić information content (AvgIpc) is 2.68. The van der Waals surface area contributed by atoms with Gasteiger partial charge in [-0.1, -0.05) is 11.6 Å². The standard InChI is InChI=1S/C10H10ClN5O2/c11-7-6-8(15-9(12)14-7)16(4-13-6)3-10-1-5(10)2-17-18-10/h4-5H,1-3H2,(H2,12,14,15). The summed E-state index contributed by atoms with van der Waals surface area (Å²) < 4.78 is 1.88. The minimum atomic E-state index is -0.222. The van der Waals surface area contributed by atoms with E-state index in [0.29, 0.717) is 30.2 Å². The molecule has 3 heterocycles. The number of nitrogen functional groups attached to an aromatic ring is 1. The van der Waals surface area contributed by atoms with E-state index in [0.717, 1.165) is 6.42 Å². The second kappa shape index (κ2) is 3.31. The molecule has 7 nitrogen and oxygen atoms in total. The topological polar surface area (TPSA) is 88.1 Å². The molecule has 2 aliphatic rings. The van der Waals surface area contributed by atoms with Gasteiger partial charge in [0.25, 0.3) is 0 Å². The van der Waals surface area contributed by atoms with Crippen molar-refractivity contribution in [3.63, 3.8) is 0 Å². The Morgan fingerprint density at radius 1 is 1.56 bits per heavy atom. The lowest BCUT2D eigenvalue weighted by molar-refractivity contribution is -0.302. The summed E-state index contributed by atoms with van der Waals surface area (Å²) in [4.78, 5) is 22.6. The van der Waals surface area contributed by atoms with Gasteiger partial charge in [0, 0.05) is 5.92 Å². The van der Waals surface area contributed by atoms with Crippen LogP contribution in [0.25, 0.3) is 11.2 Å². The summed E-state index contributed by atoms with van der Waals surface area (Å²) in [6.45, 7) is 1.30. The van der Waals surface area contributed by atoms with Crippen LogP contribution in [-0.4, -0.2) is 31.7 Å². The maximum atomic E-state index is 5.97. The van der Waals surface area contributed by atoms with Crippen LogP contribution in [0.1, 0.15) is 6.42 Å². The lowest BCUT2D eigenvalue weighted by atomic mass is 10.2. The van der Waals surface area contributed by atoms with Gasteiger partial charge in [-0.2, -0.15) is 9.97 Å². The van der Waals surface area contributed by atoms with Crippen molar-refractivity contribution in [3.8, 4) is 0 Å². The highest BCUT2D eigenvalue weighted by Gasteiger charge is 2.61. The number of hydrogen-bond donors (Lipinski definition) is 1. The molecule has 0 spiro atoms. The number of fused-ring (bicyclic) bond motifs is 2. The van der Waals surface area contributed by atoms with Crippen LogP contribution >= 0.6 is 11.6 Å². The molecule has 2 aromatic heterocycles. The molecule has 18 heavy (non-hydrogen) atoms. The zero-order chi connectivity index (χ0) is 12.3. The van der Waals surface area contributed by atoms with E-state index in [9.17, 15) is 0 Å². The summed E-state index contributed by atoms with van der Waals surface area (Å²) in [6, 6.07) is 0. The first-order valence-corrected chi connectivity index (χ1v) is 6.00. The van der Waals surface area contributed by atoms with Crippen molar-refractivity contribution < 1.29 is 9.78 Å². The van der Waals surface area contributed by atoms with E-state index in [1.54, 1.807) is 6.33 Å². The van der Waals surface area contributed by atoms with E-state index in [-0.39, 0.29) is 16.7 Å². The summed E-state index contributed by atoms with van der Waals surface area (Å²) >= 11 is 5.97. The molecule has 1 aliphatic carbocycles. The van der Waals surface area contributed by atoms with Crippen LogP contribution in [0, 0.1) is 5.92 Å². The number of rotatable bonds is 2. The third kappa shape index (κ3) is 1.35. The van der Waals surface area contributed by atoms with Gasteiger partial charge in [-0.05, 0) is 6.42 Å². The molecule has 2 N–H and O–H groups in total. The molecule has 1 aliphatic heterocycles. The highest BCUT2D eigenvalue weighted by molar-refractivity contribution is 6.33. The lowest BCUT2D eigenvalue weighted by Gasteiger charge is -2.11. The van der Waals surface area contributed by atoms with Gasteiger partial charge >= 0.3 is 0 Å². The van der Waals surface area contributed by atoms with Crippen LogP contribution < -0.4 is 5.73 Å². The van der Waals surface area contributed by atoms with E-state index < -0.39 is 0 Å². The average molecular weight is 268 g/mol. The van der Waals surface area contributed by atoms with Gasteiger partial charge in [-0.3, -0.25) is 0 Å². The van der Waals surface area contributed by atoms with E-state index in [4.69, 9.17) is 27.1 Å². The van der Waals surface area contributed by atoms with E-state index in [1.165, 1.54) is 0 Å². The molecule has 1 saturated heterocycles. The van der Waals surface area contributed by atoms with Crippen LogP contribution in [0.5, 0.6) is 0 Å². The molecular weight excluding hydrogens is 258 g/mol. The first-order valence-electron chi connectivity index (χ1n) is 5.62. The van der Waals surface area contributed by atoms with Gasteiger partial charge in [0.1, 0.15) is 11.1 Å². The van der Waals surface area contributed by atoms with Crippen molar-refractivity contribution in [2.75, 3.05) is 12.3 Å². The summed E-state index contributed by atoms with van der Waals surface area (Å²) in [5.41, 5.74) is 6.56. The van der Waals surface area contributed by atoms with Crippen LogP contribution in [0.3, 0.4) is 0 Å². The Labute approximate surface area is 107 Å². The van der Waals surface area contributed by atoms with Crippen molar-refractivity contribution in [1.82, 2.24) is 19.5 Å².